The van der Waals surface area contributed by atoms with Crippen molar-refractivity contribution < 1.29 is 0 Å². The number of fused-ring (bicyclic) bond motifs is 1. The van der Waals surface area contributed by atoms with Gasteiger partial charge in [0.25, 0.3) is 0 Å². The topological polar surface area (TPSA) is 70.9 Å². The molecule has 5 rings (SSSR count). The van der Waals surface area contributed by atoms with Crippen molar-refractivity contribution in [3.8, 4) is 17.2 Å². The van der Waals surface area contributed by atoms with Gasteiger partial charge in [-0.3, -0.25) is 4.68 Å². The summed E-state index contributed by atoms with van der Waals surface area (Å²) in [6, 6.07) is 15.0. The minimum atomic E-state index is 0.397. The highest BCUT2D eigenvalue weighted by atomic mass is 32.2. The van der Waals surface area contributed by atoms with Crippen LogP contribution in [0.25, 0.3) is 16.6 Å². The van der Waals surface area contributed by atoms with E-state index >= 15 is 0 Å². The van der Waals surface area contributed by atoms with Crippen molar-refractivity contribution in [2.24, 2.45) is 0 Å². The number of rotatable bonds is 4. The van der Waals surface area contributed by atoms with E-state index in [1.54, 1.807) is 22.5 Å². The smallest absolute Gasteiger partial charge is 0.103 e. The molecule has 0 amide bonds. The predicted octanol–water partition coefficient (Wildman–Crippen LogP) is 4.15. The van der Waals surface area contributed by atoms with E-state index < -0.39 is 0 Å². The number of piperidine rings is 1. The first-order valence-corrected chi connectivity index (χ1v) is 10.5. The molecule has 0 saturated carbocycles. The van der Waals surface area contributed by atoms with Gasteiger partial charge in [-0.2, -0.15) is 15.5 Å². The zero-order chi connectivity index (χ0) is 19.6. The first kappa shape index (κ1) is 18.0. The van der Waals surface area contributed by atoms with Gasteiger partial charge in [0.2, 0.25) is 0 Å². The van der Waals surface area contributed by atoms with Crippen LogP contribution in [0.2, 0.25) is 0 Å². The predicted molar refractivity (Wildman–Crippen MR) is 113 cm³/mol. The minimum absolute atomic E-state index is 0.397. The average Bonchev–Trinajstić information content (AvgIpc) is 3.42. The molecule has 1 aliphatic heterocycles. The van der Waals surface area contributed by atoms with E-state index in [0.717, 1.165) is 45.9 Å². The fourth-order valence-corrected chi connectivity index (χ4v) is 4.80. The van der Waals surface area contributed by atoms with Gasteiger partial charge < -0.3 is 5.32 Å². The second kappa shape index (κ2) is 7.74. The highest BCUT2D eigenvalue weighted by Gasteiger charge is 2.18. The van der Waals surface area contributed by atoms with Gasteiger partial charge in [-0.05, 0) is 37.6 Å². The lowest BCUT2D eigenvalue weighted by Gasteiger charge is -2.22. The summed E-state index contributed by atoms with van der Waals surface area (Å²) < 4.78 is 3.87. The molecule has 1 saturated heterocycles. The molecule has 1 N–H and O–H groups in total. The maximum Gasteiger partial charge on any atom is 0.103 e. The molecule has 1 fully saturated rings. The van der Waals surface area contributed by atoms with E-state index in [-0.39, 0.29) is 0 Å². The third kappa shape index (κ3) is 3.53. The summed E-state index contributed by atoms with van der Waals surface area (Å²) >= 11 is 1.65. The third-order valence-electron chi connectivity index (χ3n) is 5.25. The van der Waals surface area contributed by atoms with Gasteiger partial charge in [0.05, 0.1) is 29.5 Å². The molecule has 6 nitrogen and oxygen atoms in total. The molecule has 1 atom stereocenters. The fourth-order valence-electron chi connectivity index (χ4n) is 3.76. The molecule has 144 valence electrons. The zero-order valence-corrected chi connectivity index (χ0v) is 16.6. The number of aromatic nitrogens is 4. The normalized spacial score (nSPS) is 16.7. The van der Waals surface area contributed by atoms with Crippen molar-refractivity contribution in [2.75, 3.05) is 13.1 Å². The van der Waals surface area contributed by atoms with Crippen LogP contribution in [0.5, 0.6) is 0 Å². The van der Waals surface area contributed by atoms with Gasteiger partial charge in [0, 0.05) is 39.9 Å². The highest BCUT2D eigenvalue weighted by molar-refractivity contribution is 7.99. The molecule has 0 unspecified atom stereocenters. The van der Waals surface area contributed by atoms with Crippen molar-refractivity contribution >= 4 is 17.3 Å². The van der Waals surface area contributed by atoms with E-state index in [9.17, 15) is 5.26 Å². The SMILES string of the molecule is N#Cc1cnn2cc(-c3cnn([C@H]4CCCNC4)c3)cc(Sc3ccccc3)c12. The third-order valence-corrected chi connectivity index (χ3v) is 6.29. The van der Waals surface area contributed by atoms with Crippen LogP contribution in [0, 0.1) is 11.3 Å². The molecule has 29 heavy (non-hydrogen) atoms. The van der Waals surface area contributed by atoms with Crippen LogP contribution in [-0.2, 0) is 0 Å². The Bertz CT molecular complexity index is 1180. The van der Waals surface area contributed by atoms with Crippen molar-refractivity contribution in [3.63, 3.8) is 0 Å². The Morgan fingerprint density at radius 3 is 2.79 bits per heavy atom. The first-order valence-electron chi connectivity index (χ1n) is 9.71. The molecular formula is C22H20N6S. The molecule has 4 heterocycles. The average molecular weight is 401 g/mol. The maximum absolute atomic E-state index is 9.52. The molecule has 7 heteroatoms. The number of hydrogen-bond acceptors (Lipinski definition) is 5. The number of pyridine rings is 1. The Morgan fingerprint density at radius 2 is 2.00 bits per heavy atom. The van der Waals surface area contributed by atoms with Crippen LogP contribution in [0.3, 0.4) is 0 Å². The fraction of sp³-hybridized carbons (Fsp3) is 0.227. The lowest BCUT2D eigenvalue weighted by atomic mass is 10.1. The lowest BCUT2D eigenvalue weighted by molar-refractivity contribution is 0.347. The Hall–Kier alpha value is -3.08. The van der Waals surface area contributed by atoms with Crippen molar-refractivity contribution in [3.05, 3.63) is 66.7 Å². The molecular weight excluding hydrogens is 380 g/mol. The van der Waals surface area contributed by atoms with Crippen molar-refractivity contribution in [1.29, 1.82) is 5.26 Å². The molecule has 0 spiro atoms. The summed E-state index contributed by atoms with van der Waals surface area (Å²) in [5.74, 6) is 0. The van der Waals surface area contributed by atoms with Gasteiger partial charge in [0.15, 0.2) is 0 Å². The van der Waals surface area contributed by atoms with Gasteiger partial charge in [0.1, 0.15) is 6.07 Å². The quantitative estimate of drug-likeness (QED) is 0.557. The zero-order valence-electron chi connectivity index (χ0n) is 15.8. The van der Waals surface area contributed by atoms with Gasteiger partial charge >= 0.3 is 0 Å². The first-order chi connectivity index (χ1) is 14.3. The van der Waals surface area contributed by atoms with E-state index in [1.165, 1.54) is 6.42 Å². The van der Waals surface area contributed by atoms with Crippen LogP contribution in [0.4, 0.5) is 0 Å². The summed E-state index contributed by atoms with van der Waals surface area (Å²) in [5, 5.41) is 22.0. The monoisotopic (exact) mass is 400 g/mol. The van der Waals surface area contributed by atoms with E-state index in [1.807, 2.05) is 30.6 Å². The largest absolute Gasteiger partial charge is 0.315 e. The number of hydrogen-bond donors (Lipinski definition) is 1. The van der Waals surface area contributed by atoms with Crippen molar-refractivity contribution in [1.82, 2.24) is 24.7 Å². The summed E-state index contributed by atoms with van der Waals surface area (Å²) in [5.41, 5.74) is 3.52. The molecule has 4 aromatic rings. The van der Waals surface area contributed by atoms with E-state index in [0.29, 0.717) is 11.6 Å². The Labute approximate surface area is 173 Å². The second-order valence-corrected chi connectivity index (χ2v) is 8.30. The molecule has 1 aromatic carbocycles. The Morgan fingerprint density at radius 1 is 1.10 bits per heavy atom. The summed E-state index contributed by atoms with van der Waals surface area (Å²) in [6.45, 7) is 2.04. The molecule has 1 aliphatic rings. The summed E-state index contributed by atoms with van der Waals surface area (Å²) in [4.78, 5) is 2.13. The van der Waals surface area contributed by atoms with Crippen LogP contribution >= 0.6 is 11.8 Å². The number of nitrogens with zero attached hydrogens (tertiary/aromatic N) is 5. The van der Waals surface area contributed by atoms with Crippen LogP contribution in [0.15, 0.2) is 71.0 Å². The highest BCUT2D eigenvalue weighted by Crippen LogP contribution is 2.35. The van der Waals surface area contributed by atoms with Crippen LogP contribution < -0.4 is 5.32 Å². The summed E-state index contributed by atoms with van der Waals surface area (Å²) in [7, 11) is 0. The van der Waals surface area contributed by atoms with Gasteiger partial charge in [-0.15, -0.1) is 0 Å². The maximum atomic E-state index is 9.52. The second-order valence-electron chi connectivity index (χ2n) is 7.18. The Kier molecular flexibility index (Phi) is 4.80. The van der Waals surface area contributed by atoms with Crippen LogP contribution in [0.1, 0.15) is 24.4 Å². The number of benzene rings is 1. The Balaban J connectivity index is 1.56. The summed E-state index contributed by atoms with van der Waals surface area (Å²) in [6.07, 6.45) is 9.96. The standard InChI is InChI=1S/C22H20N6S/c23-10-17-11-26-28-14-16(9-21(22(17)28)29-20-6-2-1-3-7-20)18-12-25-27(15-18)19-5-4-8-24-13-19/h1-3,6-7,9,11-12,14-15,19,24H,4-5,8,13H2/t19-/m0/s1. The molecule has 0 radical (unpaired) electrons. The minimum Gasteiger partial charge on any atom is -0.315 e. The number of nitrogens with one attached hydrogen (secondary N) is 1. The van der Waals surface area contributed by atoms with Gasteiger partial charge in [-0.1, -0.05) is 30.0 Å². The molecule has 3 aromatic heterocycles. The van der Waals surface area contributed by atoms with E-state index in [4.69, 9.17) is 0 Å². The molecule has 0 aliphatic carbocycles. The van der Waals surface area contributed by atoms with E-state index in [2.05, 4.69) is 50.7 Å². The van der Waals surface area contributed by atoms with Crippen LogP contribution in [-0.4, -0.2) is 32.5 Å². The van der Waals surface area contributed by atoms with Gasteiger partial charge in [-0.25, -0.2) is 4.52 Å². The number of nitriles is 1. The molecule has 0 bridgehead atoms. The van der Waals surface area contributed by atoms with Crippen molar-refractivity contribution in [2.45, 2.75) is 28.7 Å². The lowest BCUT2D eigenvalue weighted by Crippen LogP contribution is -2.31.